The molecule has 4 nitrogen and oxygen atoms in total. The summed E-state index contributed by atoms with van der Waals surface area (Å²) in [6.07, 6.45) is 31.0. The van der Waals surface area contributed by atoms with Gasteiger partial charge in [0.2, 0.25) is 0 Å². The van der Waals surface area contributed by atoms with Gasteiger partial charge in [-0.25, -0.2) is 0 Å². The van der Waals surface area contributed by atoms with Crippen molar-refractivity contribution in [3.05, 3.63) is 12.2 Å². The number of ether oxygens (including phenoxy) is 1. The summed E-state index contributed by atoms with van der Waals surface area (Å²) < 4.78 is 5.70. The van der Waals surface area contributed by atoms with Crippen molar-refractivity contribution in [2.75, 3.05) is 0 Å². The maximum absolute atomic E-state index is 12.4. The van der Waals surface area contributed by atoms with E-state index in [2.05, 4.69) is 13.0 Å². The Labute approximate surface area is 222 Å². The van der Waals surface area contributed by atoms with Crippen LogP contribution in [-0.4, -0.2) is 18.0 Å². The van der Waals surface area contributed by atoms with Crippen LogP contribution in [0.5, 0.6) is 0 Å². The fourth-order valence-electron chi connectivity index (χ4n) is 6.29. The number of carboxylic acids is 1. The molecule has 4 atom stereocenters. The number of aliphatic carboxylic acids is 1. The average Bonchev–Trinajstić information content (AvgIpc) is 2.87. The predicted molar refractivity (Wildman–Crippen MR) is 146 cm³/mol. The minimum Gasteiger partial charge on any atom is -0.550 e. The Morgan fingerprint density at radius 2 is 1.36 bits per heavy atom. The molecule has 0 aromatic rings. The molecule has 0 N–H and O–H groups in total. The summed E-state index contributed by atoms with van der Waals surface area (Å²) in [4.78, 5) is 24.0. The highest BCUT2D eigenvalue weighted by atomic mass is 16.5. The van der Waals surface area contributed by atoms with Gasteiger partial charge < -0.3 is 14.6 Å². The molecule has 0 bridgehead atoms. The third-order valence-corrected chi connectivity index (χ3v) is 8.60. The third kappa shape index (κ3) is 13.8. The van der Waals surface area contributed by atoms with Gasteiger partial charge in [0.05, 0.1) is 6.42 Å². The zero-order chi connectivity index (χ0) is 25.8. The lowest BCUT2D eigenvalue weighted by Crippen LogP contribution is -2.35. The smallest absolute Gasteiger partial charge is 0.306 e. The quantitative estimate of drug-likeness (QED) is 0.0957. The number of fused-ring (bicyclic) bond motifs is 1. The highest BCUT2D eigenvalue weighted by Crippen LogP contribution is 2.41. The first-order valence-corrected chi connectivity index (χ1v) is 15.7. The van der Waals surface area contributed by atoms with Crippen LogP contribution in [0.15, 0.2) is 12.2 Å². The van der Waals surface area contributed by atoms with E-state index < -0.39 is 11.9 Å². The number of hydrogen-bond acceptors (Lipinski definition) is 4. The number of hydrogen-bond donors (Lipinski definition) is 0. The molecular weight excluding hydrogens is 448 g/mol. The zero-order valence-electron chi connectivity index (χ0n) is 23.4. The number of carboxylic acid groups (broad SMARTS) is 1. The van der Waals surface area contributed by atoms with Crippen LogP contribution in [0.1, 0.15) is 155 Å². The van der Waals surface area contributed by atoms with Crippen LogP contribution >= 0.6 is 0 Å². The van der Waals surface area contributed by atoms with E-state index >= 15 is 0 Å². The van der Waals surface area contributed by atoms with Gasteiger partial charge in [0.1, 0.15) is 6.10 Å². The van der Waals surface area contributed by atoms with E-state index in [0.717, 1.165) is 38.0 Å². The Morgan fingerprint density at radius 3 is 1.97 bits per heavy atom. The molecule has 0 aromatic heterocycles. The second kappa shape index (κ2) is 19.7. The van der Waals surface area contributed by atoms with Crippen molar-refractivity contribution in [1.29, 1.82) is 0 Å². The Bertz CT molecular complexity index is 613. The van der Waals surface area contributed by atoms with Crippen molar-refractivity contribution < 1.29 is 19.4 Å². The molecule has 208 valence electrons. The molecule has 2 aliphatic carbocycles. The molecule has 0 aromatic carbocycles. The minimum atomic E-state index is -1.14. The van der Waals surface area contributed by atoms with E-state index in [-0.39, 0.29) is 18.5 Å². The predicted octanol–water partition coefficient (Wildman–Crippen LogP) is 8.07. The molecule has 4 heteroatoms. The summed E-state index contributed by atoms with van der Waals surface area (Å²) in [5, 5.41) is 11.6. The first-order chi connectivity index (χ1) is 17.6. The van der Waals surface area contributed by atoms with E-state index in [1.165, 1.54) is 103 Å². The van der Waals surface area contributed by atoms with E-state index in [1.807, 2.05) is 6.08 Å². The fourth-order valence-corrected chi connectivity index (χ4v) is 6.29. The molecule has 0 aliphatic heterocycles. The van der Waals surface area contributed by atoms with Gasteiger partial charge in [-0.05, 0) is 50.4 Å². The first-order valence-electron chi connectivity index (χ1n) is 15.7. The van der Waals surface area contributed by atoms with Gasteiger partial charge in [0.15, 0.2) is 0 Å². The van der Waals surface area contributed by atoms with E-state index in [4.69, 9.17) is 4.74 Å². The second-order valence-corrected chi connectivity index (χ2v) is 11.7. The van der Waals surface area contributed by atoms with Gasteiger partial charge in [-0.2, -0.15) is 0 Å². The van der Waals surface area contributed by atoms with E-state index in [9.17, 15) is 14.7 Å². The lowest BCUT2D eigenvalue weighted by atomic mass is 9.70. The van der Waals surface area contributed by atoms with Crippen LogP contribution in [-0.2, 0) is 14.3 Å². The molecule has 0 spiro atoms. The molecule has 0 radical (unpaired) electrons. The molecule has 4 unspecified atom stereocenters. The molecule has 2 rings (SSSR count). The Kier molecular flexibility index (Phi) is 16.9. The first kappa shape index (κ1) is 30.9. The average molecular weight is 504 g/mol. The van der Waals surface area contributed by atoms with E-state index in [1.54, 1.807) is 0 Å². The highest BCUT2D eigenvalue weighted by Gasteiger charge is 2.33. The molecule has 2 fully saturated rings. The van der Waals surface area contributed by atoms with Crippen molar-refractivity contribution in [1.82, 2.24) is 0 Å². The summed E-state index contributed by atoms with van der Waals surface area (Å²) in [6, 6.07) is 0. The summed E-state index contributed by atoms with van der Waals surface area (Å²) in [5.41, 5.74) is 0. The largest absolute Gasteiger partial charge is 0.550 e. The van der Waals surface area contributed by atoms with Gasteiger partial charge in [-0.3, -0.25) is 4.79 Å². The van der Waals surface area contributed by atoms with Crippen molar-refractivity contribution in [2.24, 2.45) is 17.8 Å². The normalized spacial score (nSPS) is 22.9. The monoisotopic (exact) mass is 503 g/mol. The standard InChI is InChI=1S/C32H56O4/c1-2-3-4-5-6-7-8-9-10-11-12-13-14-15-16-17-22-29(32(34)35)26-31(33)36-30-24-23-27-20-18-19-21-28(27)25-30/h16-17,27-30H,2-15,18-26H2,1H3,(H,34,35)/p-1. The summed E-state index contributed by atoms with van der Waals surface area (Å²) in [7, 11) is 0. The van der Waals surface area contributed by atoms with Crippen molar-refractivity contribution in [3.63, 3.8) is 0 Å². The molecule has 0 saturated heterocycles. The van der Waals surface area contributed by atoms with Crippen LogP contribution in [0.4, 0.5) is 0 Å². The SMILES string of the molecule is CCCCCCCCCCCCCCCC=CCC(CC(=O)OC1CCC2CCCCC2C1)C(=O)[O-]. The van der Waals surface area contributed by atoms with Crippen LogP contribution in [0, 0.1) is 17.8 Å². The number of esters is 1. The molecule has 2 aliphatic rings. The van der Waals surface area contributed by atoms with Gasteiger partial charge in [0, 0.05) is 11.9 Å². The molecule has 36 heavy (non-hydrogen) atoms. The Morgan fingerprint density at radius 1 is 0.778 bits per heavy atom. The van der Waals surface area contributed by atoms with Crippen molar-refractivity contribution in [3.8, 4) is 0 Å². The highest BCUT2D eigenvalue weighted by molar-refractivity contribution is 5.78. The number of allylic oxidation sites excluding steroid dienone is 2. The fraction of sp³-hybridized carbons (Fsp3) is 0.875. The summed E-state index contributed by atoms with van der Waals surface area (Å²) in [5.74, 6) is -0.798. The maximum atomic E-state index is 12.4. The number of carbonyl (C=O) groups is 2. The number of rotatable bonds is 20. The topological polar surface area (TPSA) is 66.4 Å². The van der Waals surface area contributed by atoms with Crippen LogP contribution in [0.2, 0.25) is 0 Å². The zero-order valence-corrected chi connectivity index (χ0v) is 23.4. The van der Waals surface area contributed by atoms with Crippen molar-refractivity contribution >= 4 is 11.9 Å². The number of unbranched alkanes of at least 4 members (excludes halogenated alkanes) is 13. The van der Waals surface area contributed by atoms with Crippen LogP contribution in [0.25, 0.3) is 0 Å². The minimum absolute atomic E-state index is 0.0228. The third-order valence-electron chi connectivity index (χ3n) is 8.60. The number of carbonyl (C=O) groups excluding carboxylic acids is 2. The second-order valence-electron chi connectivity index (χ2n) is 11.7. The van der Waals surface area contributed by atoms with E-state index in [0.29, 0.717) is 12.3 Å². The van der Waals surface area contributed by atoms with Gasteiger partial charge in [-0.1, -0.05) is 122 Å². The summed E-state index contributed by atoms with van der Waals surface area (Å²) in [6.45, 7) is 2.27. The van der Waals surface area contributed by atoms with Crippen LogP contribution in [0.3, 0.4) is 0 Å². The van der Waals surface area contributed by atoms with Gasteiger partial charge >= 0.3 is 5.97 Å². The van der Waals surface area contributed by atoms with Gasteiger partial charge in [0.25, 0.3) is 0 Å². The summed E-state index contributed by atoms with van der Waals surface area (Å²) >= 11 is 0. The van der Waals surface area contributed by atoms with Crippen LogP contribution < -0.4 is 5.11 Å². The molecular formula is C32H55O4-. The van der Waals surface area contributed by atoms with Gasteiger partial charge in [-0.15, -0.1) is 0 Å². The lowest BCUT2D eigenvalue weighted by molar-refractivity contribution is -0.311. The maximum Gasteiger partial charge on any atom is 0.306 e. The van der Waals surface area contributed by atoms with Crippen molar-refractivity contribution in [2.45, 2.75) is 161 Å². The lowest BCUT2D eigenvalue weighted by Gasteiger charge is -2.39. The molecule has 2 saturated carbocycles. The Hall–Kier alpha value is -1.32. The molecule has 0 heterocycles. The Balaban J connectivity index is 1.46. The molecule has 0 amide bonds.